The van der Waals surface area contributed by atoms with Crippen molar-refractivity contribution in [3.05, 3.63) is 47.6 Å². The van der Waals surface area contributed by atoms with Crippen LogP contribution in [0.1, 0.15) is 36.5 Å². The first-order chi connectivity index (χ1) is 9.76. The van der Waals surface area contributed by atoms with Gasteiger partial charge >= 0.3 is 0 Å². The van der Waals surface area contributed by atoms with E-state index < -0.39 is 0 Å². The lowest BCUT2D eigenvalue weighted by molar-refractivity contribution is 0.118. The standard InChI is InChI=1S/C15H19N3O2.ClH/c16-15(8-4-9-15)14-17-13(20-18-14)7-10-19-11-12-5-2-1-3-6-12;/h1-3,5-6H,4,7-11,16H2;1H. The van der Waals surface area contributed by atoms with Crippen LogP contribution >= 0.6 is 12.4 Å². The summed E-state index contributed by atoms with van der Waals surface area (Å²) in [5, 5.41) is 3.98. The SMILES string of the molecule is Cl.NC1(c2noc(CCOCc3ccccc3)n2)CCC1. The fraction of sp³-hybridized carbons (Fsp3) is 0.467. The molecule has 3 rings (SSSR count). The predicted octanol–water partition coefficient (Wildman–Crippen LogP) is 2.59. The molecule has 0 radical (unpaired) electrons. The molecular formula is C15H20ClN3O2. The lowest BCUT2D eigenvalue weighted by Crippen LogP contribution is -2.44. The zero-order valence-electron chi connectivity index (χ0n) is 11.8. The molecule has 114 valence electrons. The largest absolute Gasteiger partial charge is 0.376 e. The summed E-state index contributed by atoms with van der Waals surface area (Å²) in [6.07, 6.45) is 3.64. The van der Waals surface area contributed by atoms with Crippen molar-refractivity contribution in [2.24, 2.45) is 5.73 Å². The normalized spacial score (nSPS) is 16.0. The molecule has 1 aliphatic carbocycles. The second kappa shape index (κ2) is 7.02. The zero-order valence-corrected chi connectivity index (χ0v) is 12.6. The third-order valence-electron chi connectivity index (χ3n) is 3.73. The third kappa shape index (κ3) is 3.81. The van der Waals surface area contributed by atoms with Crippen molar-refractivity contribution in [1.29, 1.82) is 0 Å². The quantitative estimate of drug-likeness (QED) is 0.830. The lowest BCUT2D eigenvalue weighted by atomic mass is 9.77. The number of rotatable bonds is 6. The Balaban J connectivity index is 0.00000161. The summed E-state index contributed by atoms with van der Waals surface area (Å²) in [4.78, 5) is 4.37. The highest BCUT2D eigenvalue weighted by Gasteiger charge is 2.38. The Kier molecular flexibility index (Phi) is 5.33. The molecule has 2 aromatic rings. The fourth-order valence-electron chi connectivity index (χ4n) is 2.26. The molecule has 21 heavy (non-hydrogen) atoms. The number of nitrogens with zero attached hydrogens (tertiary/aromatic N) is 2. The van der Waals surface area contributed by atoms with Gasteiger partial charge in [0.05, 0.1) is 25.2 Å². The molecule has 6 heteroatoms. The van der Waals surface area contributed by atoms with E-state index in [4.69, 9.17) is 15.0 Å². The van der Waals surface area contributed by atoms with Crippen LogP contribution in [0.25, 0.3) is 0 Å². The molecule has 1 heterocycles. The second-order valence-electron chi connectivity index (χ2n) is 5.31. The summed E-state index contributed by atoms with van der Waals surface area (Å²) < 4.78 is 10.8. The molecule has 2 N–H and O–H groups in total. The average Bonchev–Trinajstić information content (AvgIpc) is 2.91. The number of benzene rings is 1. The van der Waals surface area contributed by atoms with E-state index in [1.165, 1.54) is 0 Å². The molecule has 0 unspecified atom stereocenters. The van der Waals surface area contributed by atoms with Gasteiger partial charge in [0, 0.05) is 0 Å². The van der Waals surface area contributed by atoms with Gasteiger partial charge in [-0.3, -0.25) is 0 Å². The van der Waals surface area contributed by atoms with Gasteiger partial charge in [0.2, 0.25) is 5.89 Å². The van der Waals surface area contributed by atoms with Crippen LogP contribution in [-0.4, -0.2) is 16.7 Å². The van der Waals surface area contributed by atoms with E-state index in [1.54, 1.807) is 0 Å². The van der Waals surface area contributed by atoms with Crippen LogP contribution in [0.3, 0.4) is 0 Å². The van der Waals surface area contributed by atoms with Crippen molar-refractivity contribution in [2.45, 2.75) is 37.8 Å². The average molecular weight is 310 g/mol. The second-order valence-corrected chi connectivity index (χ2v) is 5.31. The van der Waals surface area contributed by atoms with Crippen molar-refractivity contribution in [3.63, 3.8) is 0 Å². The van der Waals surface area contributed by atoms with Crippen molar-refractivity contribution in [2.75, 3.05) is 6.61 Å². The van der Waals surface area contributed by atoms with Gasteiger partial charge < -0.3 is 15.0 Å². The highest BCUT2D eigenvalue weighted by atomic mass is 35.5. The van der Waals surface area contributed by atoms with Gasteiger partial charge in [-0.25, -0.2) is 0 Å². The number of ether oxygens (including phenoxy) is 1. The van der Waals surface area contributed by atoms with Crippen LogP contribution in [0.15, 0.2) is 34.9 Å². The van der Waals surface area contributed by atoms with Gasteiger partial charge in [0.25, 0.3) is 0 Å². The molecule has 0 saturated heterocycles. The summed E-state index contributed by atoms with van der Waals surface area (Å²) in [5.41, 5.74) is 6.96. The maximum absolute atomic E-state index is 6.15. The maximum atomic E-state index is 6.15. The van der Waals surface area contributed by atoms with Crippen LogP contribution < -0.4 is 5.73 Å². The van der Waals surface area contributed by atoms with Gasteiger partial charge in [-0.05, 0) is 24.8 Å². The van der Waals surface area contributed by atoms with Gasteiger partial charge in [0.1, 0.15) is 0 Å². The van der Waals surface area contributed by atoms with Crippen molar-refractivity contribution in [1.82, 2.24) is 10.1 Å². The number of aromatic nitrogens is 2. The van der Waals surface area contributed by atoms with Crippen molar-refractivity contribution < 1.29 is 9.26 Å². The maximum Gasteiger partial charge on any atom is 0.229 e. The van der Waals surface area contributed by atoms with Crippen LogP contribution in [0.4, 0.5) is 0 Å². The minimum absolute atomic E-state index is 0. The summed E-state index contributed by atoms with van der Waals surface area (Å²) in [6, 6.07) is 10.1. The van der Waals surface area contributed by atoms with Crippen LogP contribution in [-0.2, 0) is 23.3 Å². The number of nitrogens with two attached hydrogens (primary N) is 1. The summed E-state index contributed by atoms with van der Waals surface area (Å²) in [6.45, 7) is 1.16. The lowest BCUT2D eigenvalue weighted by Gasteiger charge is -2.34. The monoisotopic (exact) mass is 309 g/mol. The van der Waals surface area contributed by atoms with E-state index in [1.807, 2.05) is 30.3 Å². The van der Waals surface area contributed by atoms with E-state index >= 15 is 0 Å². The van der Waals surface area contributed by atoms with Gasteiger partial charge in [-0.2, -0.15) is 4.98 Å². The van der Waals surface area contributed by atoms with E-state index in [2.05, 4.69) is 10.1 Å². The first-order valence-electron chi connectivity index (χ1n) is 7.00. The molecule has 0 atom stereocenters. The van der Waals surface area contributed by atoms with E-state index in [0.717, 1.165) is 24.8 Å². The van der Waals surface area contributed by atoms with E-state index in [-0.39, 0.29) is 17.9 Å². The Hall–Kier alpha value is -1.43. The Morgan fingerprint density at radius 2 is 2.00 bits per heavy atom. The Morgan fingerprint density at radius 3 is 2.67 bits per heavy atom. The Bertz CT molecular complexity index is 555. The van der Waals surface area contributed by atoms with Gasteiger partial charge in [-0.15, -0.1) is 12.4 Å². The van der Waals surface area contributed by atoms with Crippen molar-refractivity contribution >= 4 is 12.4 Å². The molecular weight excluding hydrogens is 290 g/mol. The summed E-state index contributed by atoms with van der Waals surface area (Å²) in [5.74, 6) is 1.24. The summed E-state index contributed by atoms with van der Waals surface area (Å²) in [7, 11) is 0. The molecule has 0 spiro atoms. The fourth-order valence-corrected chi connectivity index (χ4v) is 2.26. The number of hydrogen-bond acceptors (Lipinski definition) is 5. The smallest absolute Gasteiger partial charge is 0.229 e. The molecule has 1 fully saturated rings. The van der Waals surface area contributed by atoms with E-state index in [9.17, 15) is 0 Å². The van der Waals surface area contributed by atoms with Crippen LogP contribution in [0.2, 0.25) is 0 Å². The third-order valence-corrected chi connectivity index (χ3v) is 3.73. The van der Waals surface area contributed by atoms with Crippen molar-refractivity contribution in [3.8, 4) is 0 Å². The first-order valence-corrected chi connectivity index (χ1v) is 7.00. The molecule has 1 aliphatic rings. The van der Waals surface area contributed by atoms with Gasteiger partial charge in [-0.1, -0.05) is 35.5 Å². The minimum atomic E-state index is -0.355. The molecule has 5 nitrogen and oxygen atoms in total. The highest BCUT2D eigenvalue weighted by molar-refractivity contribution is 5.85. The molecule has 0 amide bonds. The number of halogens is 1. The molecule has 0 aliphatic heterocycles. The van der Waals surface area contributed by atoms with Gasteiger partial charge in [0.15, 0.2) is 5.82 Å². The molecule has 1 aromatic carbocycles. The highest BCUT2D eigenvalue weighted by Crippen LogP contribution is 2.36. The van der Waals surface area contributed by atoms with Crippen LogP contribution in [0.5, 0.6) is 0 Å². The zero-order chi connectivity index (χ0) is 13.8. The number of hydrogen-bond donors (Lipinski definition) is 1. The van der Waals surface area contributed by atoms with Crippen LogP contribution in [0, 0.1) is 0 Å². The summed E-state index contributed by atoms with van der Waals surface area (Å²) >= 11 is 0. The first kappa shape index (κ1) is 15.9. The minimum Gasteiger partial charge on any atom is -0.376 e. The molecule has 1 saturated carbocycles. The molecule has 0 bridgehead atoms. The predicted molar refractivity (Wildman–Crippen MR) is 81.1 cm³/mol. The molecule has 1 aromatic heterocycles. The topological polar surface area (TPSA) is 74.2 Å². The Morgan fingerprint density at radius 1 is 1.24 bits per heavy atom. The van der Waals surface area contributed by atoms with E-state index in [0.29, 0.717) is 31.3 Å². The Labute approximate surface area is 130 Å².